The van der Waals surface area contributed by atoms with E-state index >= 15 is 0 Å². The van der Waals surface area contributed by atoms with Gasteiger partial charge in [0.05, 0.1) is 24.2 Å². The molecule has 1 aliphatic rings. The summed E-state index contributed by atoms with van der Waals surface area (Å²) in [6, 6.07) is 22.5. The summed E-state index contributed by atoms with van der Waals surface area (Å²) in [5, 5.41) is 3.76. The van der Waals surface area contributed by atoms with Crippen molar-refractivity contribution in [2.24, 2.45) is 0 Å². The van der Waals surface area contributed by atoms with Crippen LogP contribution in [0.15, 0.2) is 78.0 Å². The Labute approximate surface area is 201 Å². The molecule has 0 aliphatic carbocycles. The zero-order valence-electron chi connectivity index (χ0n) is 18.5. The highest BCUT2D eigenvalue weighted by Crippen LogP contribution is 2.23. The molecule has 3 aromatic carbocycles. The maximum atomic E-state index is 12.7. The molecular formula is C26H24N4O3S. The Morgan fingerprint density at radius 1 is 0.971 bits per heavy atom. The highest BCUT2D eigenvalue weighted by atomic mass is 32.2. The topological polar surface area (TPSA) is 87.3 Å². The average molecular weight is 473 g/mol. The standard InChI is InChI=1S/C26H24N4O3S/c31-24(27-21-5-3-4-20(16-21)25(32)30-12-14-33-15-13-30)19-10-8-18(9-11-19)17-34-26-28-22-6-1-2-7-23(22)29-26/h1-11,16H,12-15,17H2,(H,27,31)(H,28,29). The van der Waals surface area contributed by atoms with Gasteiger partial charge in [-0.2, -0.15) is 0 Å². The Morgan fingerprint density at radius 3 is 2.56 bits per heavy atom. The molecule has 0 radical (unpaired) electrons. The van der Waals surface area contributed by atoms with Crippen molar-refractivity contribution in [3.63, 3.8) is 0 Å². The van der Waals surface area contributed by atoms with Crippen LogP contribution in [0.1, 0.15) is 26.3 Å². The number of aromatic amines is 1. The molecule has 34 heavy (non-hydrogen) atoms. The van der Waals surface area contributed by atoms with E-state index in [1.807, 2.05) is 48.5 Å². The average Bonchev–Trinajstić information content (AvgIpc) is 3.31. The summed E-state index contributed by atoms with van der Waals surface area (Å²) in [5.41, 5.74) is 4.77. The highest BCUT2D eigenvalue weighted by Gasteiger charge is 2.19. The molecule has 4 aromatic rings. The lowest BCUT2D eigenvalue weighted by Crippen LogP contribution is -2.40. The zero-order valence-corrected chi connectivity index (χ0v) is 19.3. The third-order valence-corrected chi connectivity index (χ3v) is 6.57. The van der Waals surface area contributed by atoms with Crippen LogP contribution in [0.2, 0.25) is 0 Å². The van der Waals surface area contributed by atoms with Gasteiger partial charge < -0.3 is 19.9 Å². The summed E-state index contributed by atoms with van der Waals surface area (Å²) < 4.78 is 5.31. The fourth-order valence-corrected chi connectivity index (χ4v) is 4.62. The number of fused-ring (bicyclic) bond motifs is 1. The second kappa shape index (κ2) is 10.1. The fraction of sp³-hybridized carbons (Fsp3) is 0.192. The third kappa shape index (κ3) is 5.13. The molecule has 1 aliphatic heterocycles. The van der Waals surface area contributed by atoms with E-state index in [1.165, 1.54) is 0 Å². The lowest BCUT2D eigenvalue weighted by molar-refractivity contribution is 0.0303. The second-order valence-corrected chi connectivity index (χ2v) is 8.95. The Morgan fingerprint density at radius 2 is 1.76 bits per heavy atom. The van der Waals surface area contributed by atoms with Crippen LogP contribution in [0.3, 0.4) is 0 Å². The van der Waals surface area contributed by atoms with Crippen LogP contribution in [0.25, 0.3) is 11.0 Å². The van der Waals surface area contributed by atoms with Crippen molar-refractivity contribution >= 4 is 40.3 Å². The molecule has 0 bridgehead atoms. The summed E-state index contributed by atoms with van der Waals surface area (Å²) in [6.07, 6.45) is 0. The second-order valence-electron chi connectivity index (χ2n) is 7.98. The Balaban J connectivity index is 1.19. The van der Waals surface area contributed by atoms with Crippen molar-refractivity contribution in [2.45, 2.75) is 10.9 Å². The van der Waals surface area contributed by atoms with Crippen LogP contribution in [-0.4, -0.2) is 53.0 Å². The number of hydrogen-bond donors (Lipinski definition) is 2. The molecule has 1 fully saturated rings. The highest BCUT2D eigenvalue weighted by molar-refractivity contribution is 7.98. The van der Waals surface area contributed by atoms with Gasteiger partial charge in [0.15, 0.2) is 5.16 Å². The number of carbonyl (C=O) groups excluding carboxylic acids is 2. The van der Waals surface area contributed by atoms with Crippen molar-refractivity contribution in [1.82, 2.24) is 14.9 Å². The van der Waals surface area contributed by atoms with Gasteiger partial charge in [-0.25, -0.2) is 4.98 Å². The van der Waals surface area contributed by atoms with Crippen LogP contribution < -0.4 is 5.32 Å². The number of aromatic nitrogens is 2. The Kier molecular flexibility index (Phi) is 6.60. The predicted octanol–water partition coefficient (Wildman–Crippen LogP) is 4.58. The third-order valence-electron chi connectivity index (χ3n) is 5.63. The number of nitrogens with zero attached hydrogens (tertiary/aromatic N) is 2. The van der Waals surface area contributed by atoms with E-state index in [-0.39, 0.29) is 11.8 Å². The van der Waals surface area contributed by atoms with E-state index in [0.717, 1.165) is 27.5 Å². The number of ether oxygens (including phenoxy) is 1. The molecular weight excluding hydrogens is 448 g/mol. The zero-order chi connectivity index (χ0) is 23.3. The van der Waals surface area contributed by atoms with E-state index < -0.39 is 0 Å². The number of amides is 2. The summed E-state index contributed by atoms with van der Waals surface area (Å²) in [7, 11) is 0. The number of benzene rings is 3. The largest absolute Gasteiger partial charge is 0.378 e. The summed E-state index contributed by atoms with van der Waals surface area (Å²) in [6.45, 7) is 2.26. The molecule has 2 N–H and O–H groups in total. The van der Waals surface area contributed by atoms with Crippen LogP contribution in [-0.2, 0) is 10.5 Å². The summed E-state index contributed by atoms with van der Waals surface area (Å²) >= 11 is 1.62. The molecule has 2 heterocycles. The monoisotopic (exact) mass is 472 g/mol. The molecule has 0 atom stereocenters. The minimum Gasteiger partial charge on any atom is -0.378 e. The van der Waals surface area contributed by atoms with E-state index in [0.29, 0.717) is 43.1 Å². The SMILES string of the molecule is O=C(Nc1cccc(C(=O)N2CCOCC2)c1)c1ccc(CSc2nc3ccccc3[nH]2)cc1. The first-order chi connectivity index (χ1) is 16.7. The van der Waals surface area contributed by atoms with Gasteiger partial charge in [-0.3, -0.25) is 9.59 Å². The fourth-order valence-electron chi connectivity index (χ4n) is 3.78. The van der Waals surface area contributed by atoms with Crippen molar-refractivity contribution in [3.8, 4) is 0 Å². The summed E-state index contributed by atoms with van der Waals surface area (Å²) in [4.78, 5) is 35.1. The first kappa shape index (κ1) is 22.2. The molecule has 2 amide bonds. The number of rotatable bonds is 6. The first-order valence-electron chi connectivity index (χ1n) is 11.1. The van der Waals surface area contributed by atoms with Gasteiger partial charge in [-0.05, 0) is 48.0 Å². The molecule has 1 saturated heterocycles. The van der Waals surface area contributed by atoms with Gasteiger partial charge >= 0.3 is 0 Å². The number of hydrogen-bond acceptors (Lipinski definition) is 5. The number of carbonyl (C=O) groups is 2. The lowest BCUT2D eigenvalue weighted by atomic mass is 10.1. The number of anilines is 1. The Hall–Kier alpha value is -3.62. The van der Waals surface area contributed by atoms with Crippen molar-refractivity contribution in [1.29, 1.82) is 0 Å². The molecule has 8 heteroatoms. The van der Waals surface area contributed by atoms with E-state index in [9.17, 15) is 9.59 Å². The normalized spacial score (nSPS) is 13.7. The summed E-state index contributed by atoms with van der Waals surface area (Å²) in [5.74, 6) is 0.478. The number of para-hydroxylation sites is 2. The van der Waals surface area contributed by atoms with Crippen LogP contribution in [0, 0.1) is 0 Å². The molecule has 1 aromatic heterocycles. The number of H-pyrrole nitrogens is 1. The maximum Gasteiger partial charge on any atom is 0.255 e. The smallest absolute Gasteiger partial charge is 0.255 e. The van der Waals surface area contributed by atoms with Crippen molar-refractivity contribution in [3.05, 3.63) is 89.5 Å². The number of morpholine rings is 1. The lowest BCUT2D eigenvalue weighted by Gasteiger charge is -2.27. The van der Waals surface area contributed by atoms with Gasteiger partial charge in [0.25, 0.3) is 11.8 Å². The molecule has 0 unspecified atom stereocenters. The minimum absolute atomic E-state index is 0.0503. The maximum absolute atomic E-state index is 12.7. The number of nitrogens with one attached hydrogen (secondary N) is 2. The number of thioether (sulfide) groups is 1. The van der Waals surface area contributed by atoms with E-state index in [4.69, 9.17) is 4.74 Å². The van der Waals surface area contributed by atoms with Crippen LogP contribution >= 0.6 is 11.8 Å². The first-order valence-corrected chi connectivity index (χ1v) is 12.1. The molecule has 0 saturated carbocycles. The number of imidazole rings is 1. The van der Waals surface area contributed by atoms with E-state index in [1.54, 1.807) is 40.9 Å². The Bertz CT molecular complexity index is 1280. The molecule has 0 spiro atoms. The molecule has 5 rings (SSSR count). The minimum atomic E-state index is -0.215. The molecule has 172 valence electrons. The van der Waals surface area contributed by atoms with Crippen LogP contribution in [0.5, 0.6) is 0 Å². The van der Waals surface area contributed by atoms with Gasteiger partial charge in [0.2, 0.25) is 0 Å². The van der Waals surface area contributed by atoms with E-state index in [2.05, 4.69) is 15.3 Å². The van der Waals surface area contributed by atoms with Gasteiger partial charge in [0, 0.05) is 35.7 Å². The molecule has 7 nitrogen and oxygen atoms in total. The van der Waals surface area contributed by atoms with Gasteiger partial charge in [-0.1, -0.05) is 42.1 Å². The van der Waals surface area contributed by atoms with Gasteiger partial charge in [-0.15, -0.1) is 0 Å². The quantitative estimate of drug-likeness (QED) is 0.401. The van der Waals surface area contributed by atoms with Crippen molar-refractivity contribution in [2.75, 3.05) is 31.6 Å². The van der Waals surface area contributed by atoms with Crippen molar-refractivity contribution < 1.29 is 14.3 Å². The predicted molar refractivity (Wildman–Crippen MR) is 133 cm³/mol. The van der Waals surface area contributed by atoms with Gasteiger partial charge in [0.1, 0.15) is 0 Å². The van der Waals surface area contributed by atoms with Crippen LogP contribution in [0.4, 0.5) is 5.69 Å².